The molecular formula is C17H33ClN4O2. The molecule has 6 nitrogen and oxygen atoms in total. The summed E-state index contributed by atoms with van der Waals surface area (Å²) in [6.45, 7) is 8.24. The second kappa shape index (κ2) is 9.02. The molecule has 0 bridgehead atoms. The second-order valence-corrected chi connectivity index (χ2v) is 7.98. The summed E-state index contributed by atoms with van der Waals surface area (Å²) in [6.07, 6.45) is 5.40. The third-order valence-corrected chi connectivity index (χ3v) is 5.44. The Bertz CT molecular complexity index is 444. The molecule has 0 spiro atoms. The van der Waals surface area contributed by atoms with Crippen LogP contribution in [0, 0.1) is 11.3 Å². The van der Waals surface area contributed by atoms with Crippen LogP contribution in [0.25, 0.3) is 0 Å². The molecule has 1 aliphatic heterocycles. The Morgan fingerprint density at radius 2 is 1.88 bits per heavy atom. The molecule has 1 saturated heterocycles. The van der Waals surface area contributed by atoms with E-state index in [1.165, 1.54) is 6.42 Å². The maximum Gasteiger partial charge on any atom is 0.321 e. The Balaban J connectivity index is 0.00000288. The summed E-state index contributed by atoms with van der Waals surface area (Å²) in [5, 5.41) is 5.42. The highest BCUT2D eigenvalue weighted by Gasteiger charge is 2.34. The maximum absolute atomic E-state index is 12.1. The van der Waals surface area contributed by atoms with Crippen LogP contribution in [0.1, 0.15) is 52.9 Å². The Labute approximate surface area is 151 Å². The number of halogens is 1. The zero-order valence-corrected chi connectivity index (χ0v) is 16.0. The van der Waals surface area contributed by atoms with Crippen molar-refractivity contribution in [3.05, 3.63) is 0 Å². The molecule has 2 fully saturated rings. The maximum atomic E-state index is 12.1. The van der Waals surface area contributed by atoms with Gasteiger partial charge >= 0.3 is 6.03 Å². The highest BCUT2D eigenvalue weighted by Crippen LogP contribution is 2.27. The highest BCUT2D eigenvalue weighted by atomic mass is 35.5. The van der Waals surface area contributed by atoms with E-state index in [0.717, 1.165) is 38.8 Å². The van der Waals surface area contributed by atoms with Gasteiger partial charge in [0, 0.05) is 25.2 Å². The Kier molecular flexibility index (Phi) is 7.96. The quantitative estimate of drug-likeness (QED) is 0.717. The number of hydrogen-bond acceptors (Lipinski definition) is 4. The number of carbonyl (C=O) groups excluding carboxylic acids is 2. The average Bonchev–Trinajstić information content (AvgIpc) is 2.45. The number of urea groups is 1. The Hall–Kier alpha value is -0.850. The lowest BCUT2D eigenvalue weighted by Gasteiger charge is -2.42. The fraction of sp³-hybridized carbons (Fsp3) is 0.882. The van der Waals surface area contributed by atoms with Crippen LogP contribution in [0.3, 0.4) is 0 Å². The summed E-state index contributed by atoms with van der Waals surface area (Å²) < 4.78 is 0. The van der Waals surface area contributed by atoms with Gasteiger partial charge in [-0.2, -0.15) is 0 Å². The van der Waals surface area contributed by atoms with Crippen LogP contribution in [0.2, 0.25) is 0 Å². The minimum Gasteiger partial charge on any atom is -0.335 e. The van der Waals surface area contributed by atoms with Gasteiger partial charge in [0.15, 0.2) is 0 Å². The second-order valence-electron chi connectivity index (χ2n) is 7.98. The molecule has 0 radical (unpaired) electrons. The first-order valence-corrected chi connectivity index (χ1v) is 8.86. The number of carbonyl (C=O) groups is 2. The molecule has 140 valence electrons. The van der Waals surface area contributed by atoms with Gasteiger partial charge in [-0.1, -0.05) is 33.6 Å². The molecule has 0 aromatic rings. The lowest BCUT2D eigenvalue weighted by molar-refractivity contribution is -0.122. The molecule has 3 amide bonds. The molecule has 3 unspecified atom stereocenters. The lowest BCUT2D eigenvalue weighted by Crippen LogP contribution is -2.55. The number of rotatable bonds is 3. The summed E-state index contributed by atoms with van der Waals surface area (Å²) in [6, 6.07) is -0.0110. The van der Waals surface area contributed by atoms with Gasteiger partial charge in [-0.25, -0.2) is 4.79 Å². The van der Waals surface area contributed by atoms with E-state index >= 15 is 0 Å². The van der Waals surface area contributed by atoms with E-state index in [4.69, 9.17) is 5.73 Å². The summed E-state index contributed by atoms with van der Waals surface area (Å²) in [5.41, 5.74) is 6.11. The topological polar surface area (TPSA) is 87.5 Å². The first-order valence-electron chi connectivity index (χ1n) is 8.86. The number of hydrogen-bond donors (Lipinski definition) is 3. The van der Waals surface area contributed by atoms with Crippen molar-refractivity contribution in [1.82, 2.24) is 15.5 Å². The highest BCUT2D eigenvalue weighted by molar-refractivity contribution is 5.95. The van der Waals surface area contributed by atoms with Crippen molar-refractivity contribution in [2.24, 2.45) is 17.1 Å². The zero-order chi connectivity index (χ0) is 17.0. The minimum absolute atomic E-state index is 0. The third-order valence-electron chi connectivity index (χ3n) is 5.44. The van der Waals surface area contributed by atoms with Gasteiger partial charge in [0.25, 0.3) is 0 Å². The molecule has 0 aromatic heterocycles. The van der Waals surface area contributed by atoms with Crippen molar-refractivity contribution in [3.63, 3.8) is 0 Å². The monoisotopic (exact) mass is 360 g/mol. The van der Waals surface area contributed by atoms with Crippen LogP contribution in [-0.4, -0.2) is 48.6 Å². The normalized spacial score (nSPS) is 30.1. The lowest BCUT2D eigenvalue weighted by atomic mass is 9.80. The minimum atomic E-state index is -0.360. The van der Waals surface area contributed by atoms with Gasteiger partial charge in [-0.05, 0) is 30.6 Å². The third kappa shape index (κ3) is 5.90. The van der Waals surface area contributed by atoms with Gasteiger partial charge < -0.3 is 11.1 Å². The van der Waals surface area contributed by atoms with E-state index in [0.29, 0.717) is 5.92 Å². The van der Waals surface area contributed by atoms with Crippen LogP contribution < -0.4 is 16.4 Å². The molecule has 1 heterocycles. The molecule has 0 aromatic carbocycles. The molecule has 4 N–H and O–H groups in total. The molecule has 7 heteroatoms. The van der Waals surface area contributed by atoms with Gasteiger partial charge in [0.1, 0.15) is 0 Å². The van der Waals surface area contributed by atoms with Crippen LogP contribution in [-0.2, 0) is 4.79 Å². The fourth-order valence-electron chi connectivity index (χ4n) is 3.72. The molecule has 24 heavy (non-hydrogen) atoms. The molecular weight excluding hydrogens is 328 g/mol. The standard InChI is InChI=1S/C17H32N4O2.ClH/c1-12-6-4-5-7-13(12)19-16(23)20-15(22)10-21-9-8-14(18)17(2,3)11-21;/h12-14H,4-11,18H2,1-3H3,(H2,19,20,22,23);1H. The SMILES string of the molecule is CC1CCCCC1NC(=O)NC(=O)CN1CCC(N)C(C)(C)C1.Cl. The van der Waals surface area contributed by atoms with Crippen molar-refractivity contribution in [2.75, 3.05) is 19.6 Å². The molecule has 2 aliphatic rings. The van der Waals surface area contributed by atoms with Crippen LogP contribution >= 0.6 is 12.4 Å². The molecule has 2 rings (SSSR count). The zero-order valence-electron chi connectivity index (χ0n) is 15.1. The number of nitrogens with one attached hydrogen (secondary N) is 2. The number of amides is 3. The van der Waals surface area contributed by atoms with Crippen molar-refractivity contribution in [1.29, 1.82) is 0 Å². The van der Waals surface area contributed by atoms with E-state index in [2.05, 4.69) is 36.3 Å². The summed E-state index contributed by atoms with van der Waals surface area (Å²) >= 11 is 0. The van der Waals surface area contributed by atoms with Crippen LogP contribution in [0.4, 0.5) is 4.79 Å². The summed E-state index contributed by atoms with van der Waals surface area (Å²) in [4.78, 5) is 26.2. The average molecular weight is 361 g/mol. The molecule has 1 aliphatic carbocycles. The summed E-state index contributed by atoms with van der Waals surface area (Å²) in [7, 11) is 0. The Morgan fingerprint density at radius 1 is 1.21 bits per heavy atom. The van der Waals surface area contributed by atoms with E-state index in [9.17, 15) is 9.59 Å². The molecule has 1 saturated carbocycles. The van der Waals surface area contributed by atoms with Gasteiger partial charge in [-0.15, -0.1) is 12.4 Å². The summed E-state index contributed by atoms with van der Waals surface area (Å²) in [5.74, 6) is 0.242. The van der Waals surface area contributed by atoms with E-state index in [-0.39, 0.29) is 48.4 Å². The van der Waals surface area contributed by atoms with Crippen molar-refractivity contribution in [3.8, 4) is 0 Å². The predicted octanol–water partition coefficient (Wildman–Crippen LogP) is 1.87. The largest absolute Gasteiger partial charge is 0.335 e. The van der Waals surface area contributed by atoms with E-state index in [1.807, 2.05) is 0 Å². The first-order chi connectivity index (χ1) is 10.8. The number of imide groups is 1. The first kappa shape index (κ1) is 21.2. The van der Waals surface area contributed by atoms with Crippen molar-refractivity contribution >= 4 is 24.3 Å². The number of piperidine rings is 1. The Morgan fingerprint density at radius 3 is 2.50 bits per heavy atom. The van der Waals surface area contributed by atoms with Gasteiger partial charge in [0.2, 0.25) is 5.91 Å². The number of likely N-dealkylation sites (tertiary alicyclic amines) is 1. The van der Waals surface area contributed by atoms with Gasteiger partial charge in [-0.3, -0.25) is 15.0 Å². The van der Waals surface area contributed by atoms with Crippen molar-refractivity contribution in [2.45, 2.75) is 65.0 Å². The smallest absolute Gasteiger partial charge is 0.321 e. The van der Waals surface area contributed by atoms with Crippen LogP contribution in [0.15, 0.2) is 0 Å². The predicted molar refractivity (Wildman–Crippen MR) is 98.2 cm³/mol. The van der Waals surface area contributed by atoms with Crippen molar-refractivity contribution < 1.29 is 9.59 Å². The fourth-order valence-corrected chi connectivity index (χ4v) is 3.72. The van der Waals surface area contributed by atoms with Gasteiger partial charge in [0.05, 0.1) is 6.54 Å². The number of nitrogens with zero attached hydrogens (tertiary/aromatic N) is 1. The number of nitrogens with two attached hydrogens (primary N) is 1. The van der Waals surface area contributed by atoms with E-state index < -0.39 is 0 Å². The van der Waals surface area contributed by atoms with E-state index in [1.54, 1.807) is 0 Å². The van der Waals surface area contributed by atoms with Crippen LogP contribution in [0.5, 0.6) is 0 Å². The molecule has 3 atom stereocenters.